The maximum absolute atomic E-state index is 11.1. The molecule has 0 unspecified atom stereocenters. The van der Waals surface area contributed by atoms with Crippen LogP contribution in [0.3, 0.4) is 0 Å². The minimum Gasteiger partial charge on any atom is -0.293 e. The Morgan fingerprint density at radius 2 is 1.73 bits per heavy atom. The van der Waals surface area contributed by atoms with Crippen LogP contribution in [0.2, 0.25) is 0 Å². The summed E-state index contributed by atoms with van der Waals surface area (Å²) in [6, 6.07) is 0. The molecular weight excluding hydrogens is 204 g/mol. The lowest BCUT2D eigenvalue weighted by atomic mass is 10.1. The van der Waals surface area contributed by atoms with E-state index >= 15 is 0 Å². The van der Waals surface area contributed by atoms with E-state index in [4.69, 9.17) is 0 Å². The largest absolute Gasteiger partial charge is 0.374 e. The summed E-state index contributed by atoms with van der Waals surface area (Å²) in [7, 11) is 0. The van der Waals surface area contributed by atoms with Crippen molar-refractivity contribution in [3.8, 4) is 0 Å². The van der Waals surface area contributed by atoms with Crippen molar-refractivity contribution in [1.29, 1.82) is 0 Å². The molecule has 0 aromatic heterocycles. The molecule has 0 heterocycles. The van der Waals surface area contributed by atoms with Gasteiger partial charge in [-0.25, -0.2) is 19.4 Å². The third-order valence-corrected chi connectivity index (χ3v) is 1.72. The Labute approximate surface area is 84.8 Å². The van der Waals surface area contributed by atoms with Gasteiger partial charge >= 0.3 is 11.9 Å². The monoisotopic (exact) mass is 212 g/mol. The van der Waals surface area contributed by atoms with Crippen LogP contribution in [0.15, 0.2) is 12.2 Å². The highest BCUT2D eigenvalue weighted by Gasteiger charge is 2.37. The predicted molar refractivity (Wildman–Crippen MR) is 45.1 cm³/mol. The Morgan fingerprint density at radius 1 is 1.20 bits per heavy atom. The third kappa shape index (κ3) is 2.49. The molecule has 15 heavy (non-hydrogen) atoms. The highest BCUT2D eigenvalue weighted by Crippen LogP contribution is 2.12. The maximum Gasteiger partial charge on any atom is 0.374 e. The first-order valence-electron chi connectivity index (χ1n) is 4.23. The van der Waals surface area contributed by atoms with Gasteiger partial charge in [-0.2, -0.15) is 0 Å². The number of hydrogen-bond acceptors (Lipinski definition) is 6. The molecule has 0 radical (unpaired) electrons. The Bertz CT molecular complexity index is 336. The average Bonchev–Trinajstić information content (AvgIpc) is 2.54. The summed E-state index contributed by atoms with van der Waals surface area (Å²) in [5, 5.41) is 0. The van der Waals surface area contributed by atoms with Crippen LogP contribution in [0.4, 0.5) is 0 Å². The molecule has 6 nitrogen and oxygen atoms in total. The molecule has 0 atom stereocenters. The molecular formula is C9H8O6. The fraction of sp³-hybridized carbons (Fsp3) is 0.333. The molecule has 0 aromatic rings. The number of ketones is 2. The van der Waals surface area contributed by atoms with Crippen molar-refractivity contribution < 1.29 is 29.0 Å². The van der Waals surface area contributed by atoms with Gasteiger partial charge in [0, 0.05) is 6.42 Å². The molecule has 1 aliphatic rings. The van der Waals surface area contributed by atoms with E-state index in [2.05, 4.69) is 9.78 Å². The van der Waals surface area contributed by atoms with Gasteiger partial charge in [-0.1, -0.05) is 6.92 Å². The van der Waals surface area contributed by atoms with Crippen LogP contribution < -0.4 is 0 Å². The molecule has 1 rings (SSSR count). The van der Waals surface area contributed by atoms with Gasteiger partial charge in [0.05, 0.1) is 0 Å². The smallest absolute Gasteiger partial charge is 0.293 e. The quantitative estimate of drug-likeness (QED) is 0.355. The predicted octanol–water partition coefficient (Wildman–Crippen LogP) is -0.278. The molecule has 0 bridgehead atoms. The Balaban J connectivity index is 2.51. The van der Waals surface area contributed by atoms with E-state index in [0.717, 1.165) is 12.2 Å². The summed E-state index contributed by atoms with van der Waals surface area (Å²) in [4.78, 5) is 51.8. The van der Waals surface area contributed by atoms with E-state index in [0.29, 0.717) is 0 Å². The second kappa shape index (κ2) is 4.50. The number of carbonyl (C=O) groups excluding carboxylic acids is 4. The summed E-state index contributed by atoms with van der Waals surface area (Å²) in [6.07, 6.45) is 1.99. The maximum atomic E-state index is 11.1. The number of hydrogen-bond donors (Lipinski definition) is 0. The Kier molecular flexibility index (Phi) is 3.33. The number of rotatable bonds is 2. The molecule has 0 spiro atoms. The second-order valence-corrected chi connectivity index (χ2v) is 2.78. The molecule has 6 heteroatoms. The molecule has 0 aromatic carbocycles. The van der Waals surface area contributed by atoms with E-state index in [1.54, 1.807) is 0 Å². The highest BCUT2D eigenvalue weighted by molar-refractivity contribution is 6.28. The third-order valence-electron chi connectivity index (χ3n) is 1.72. The van der Waals surface area contributed by atoms with Crippen LogP contribution in [-0.4, -0.2) is 23.5 Å². The van der Waals surface area contributed by atoms with Gasteiger partial charge in [-0.05, 0) is 12.2 Å². The van der Waals surface area contributed by atoms with Crippen LogP contribution in [0.5, 0.6) is 0 Å². The van der Waals surface area contributed by atoms with Gasteiger partial charge in [0.25, 0.3) is 0 Å². The Hall–Kier alpha value is -1.98. The van der Waals surface area contributed by atoms with Gasteiger partial charge in [0.1, 0.15) is 0 Å². The zero-order chi connectivity index (χ0) is 11.4. The van der Waals surface area contributed by atoms with E-state index in [-0.39, 0.29) is 6.42 Å². The second-order valence-electron chi connectivity index (χ2n) is 2.78. The van der Waals surface area contributed by atoms with Crippen LogP contribution in [-0.2, 0) is 29.0 Å². The van der Waals surface area contributed by atoms with E-state index < -0.39 is 29.4 Å². The Morgan fingerprint density at radius 3 is 2.20 bits per heavy atom. The van der Waals surface area contributed by atoms with Crippen molar-refractivity contribution in [2.75, 3.05) is 0 Å². The van der Waals surface area contributed by atoms with Crippen molar-refractivity contribution in [2.45, 2.75) is 13.3 Å². The van der Waals surface area contributed by atoms with Crippen LogP contribution in [0, 0.1) is 5.92 Å². The normalized spacial score (nSPS) is 15.5. The van der Waals surface area contributed by atoms with Crippen molar-refractivity contribution >= 4 is 23.5 Å². The van der Waals surface area contributed by atoms with Crippen LogP contribution >= 0.6 is 0 Å². The fourth-order valence-corrected chi connectivity index (χ4v) is 0.924. The lowest BCUT2D eigenvalue weighted by Gasteiger charge is -2.04. The van der Waals surface area contributed by atoms with Crippen molar-refractivity contribution in [3.05, 3.63) is 12.2 Å². The summed E-state index contributed by atoms with van der Waals surface area (Å²) in [6.45, 7) is 1.50. The van der Waals surface area contributed by atoms with E-state index in [1.165, 1.54) is 6.92 Å². The SMILES string of the molecule is CCC(=O)OOC(=O)C1C(=O)C=CC1=O. The molecule has 80 valence electrons. The molecule has 0 aliphatic heterocycles. The summed E-state index contributed by atoms with van der Waals surface area (Å²) >= 11 is 0. The summed E-state index contributed by atoms with van der Waals surface area (Å²) < 4.78 is 0. The number of allylic oxidation sites excluding steroid dienone is 2. The zero-order valence-electron chi connectivity index (χ0n) is 7.89. The number of carbonyl (C=O) groups is 4. The van der Waals surface area contributed by atoms with Gasteiger partial charge in [-0.15, -0.1) is 0 Å². The first-order chi connectivity index (χ1) is 7.06. The molecule has 0 amide bonds. The summed E-state index contributed by atoms with van der Waals surface area (Å²) in [5.74, 6) is -4.78. The first-order valence-corrected chi connectivity index (χ1v) is 4.23. The average molecular weight is 212 g/mol. The van der Waals surface area contributed by atoms with Crippen molar-refractivity contribution in [1.82, 2.24) is 0 Å². The van der Waals surface area contributed by atoms with Gasteiger partial charge < -0.3 is 0 Å². The van der Waals surface area contributed by atoms with E-state index in [9.17, 15) is 19.2 Å². The van der Waals surface area contributed by atoms with Gasteiger partial charge in [-0.3, -0.25) is 9.59 Å². The van der Waals surface area contributed by atoms with Gasteiger partial charge in [0.15, 0.2) is 17.5 Å². The van der Waals surface area contributed by atoms with Gasteiger partial charge in [0.2, 0.25) is 0 Å². The van der Waals surface area contributed by atoms with E-state index in [1.807, 2.05) is 0 Å². The zero-order valence-corrected chi connectivity index (χ0v) is 7.89. The fourth-order valence-electron chi connectivity index (χ4n) is 0.924. The standard InChI is InChI=1S/C9H8O6/c1-2-7(12)14-15-9(13)8-5(10)3-4-6(8)11/h3-4,8H,2H2,1H3. The molecule has 0 N–H and O–H groups in total. The first kappa shape index (κ1) is 11.1. The lowest BCUT2D eigenvalue weighted by Crippen LogP contribution is -2.28. The molecule has 0 fully saturated rings. The molecule has 0 saturated carbocycles. The minimum absolute atomic E-state index is 0.0259. The molecule has 1 aliphatic carbocycles. The van der Waals surface area contributed by atoms with Crippen LogP contribution in [0.25, 0.3) is 0 Å². The van der Waals surface area contributed by atoms with Crippen molar-refractivity contribution in [3.63, 3.8) is 0 Å². The minimum atomic E-state index is -1.52. The lowest BCUT2D eigenvalue weighted by molar-refractivity contribution is -0.260. The summed E-state index contributed by atoms with van der Waals surface area (Å²) in [5.41, 5.74) is 0. The topological polar surface area (TPSA) is 86.7 Å². The van der Waals surface area contributed by atoms with Crippen LogP contribution in [0.1, 0.15) is 13.3 Å². The molecule has 0 saturated heterocycles. The highest BCUT2D eigenvalue weighted by atomic mass is 17.2. The van der Waals surface area contributed by atoms with Crippen molar-refractivity contribution in [2.24, 2.45) is 5.92 Å².